The number of ether oxygens (including phenoxy) is 1. The molecule has 0 bridgehead atoms. The molecule has 1 aromatic rings. The van der Waals surface area contributed by atoms with Crippen LogP contribution in [0.3, 0.4) is 0 Å². The van der Waals surface area contributed by atoms with Crippen molar-refractivity contribution in [2.24, 2.45) is 0 Å². The number of hydrogen-bond acceptors (Lipinski definition) is 5. The zero-order valence-corrected chi connectivity index (χ0v) is 17.3. The van der Waals surface area contributed by atoms with Crippen molar-refractivity contribution in [3.8, 4) is 5.75 Å². The number of sulfone groups is 1. The summed E-state index contributed by atoms with van der Waals surface area (Å²) in [6, 6.07) is 6.23. The van der Waals surface area contributed by atoms with E-state index in [2.05, 4.69) is 30.9 Å². The Balaban J connectivity index is 1.51. The van der Waals surface area contributed by atoms with Crippen LogP contribution in [0.15, 0.2) is 18.2 Å². The highest BCUT2D eigenvalue weighted by Crippen LogP contribution is 2.27. The zero-order chi connectivity index (χ0) is 19.6. The quantitative estimate of drug-likeness (QED) is 0.762. The highest BCUT2D eigenvalue weighted by Gasteiger charge is 2.34. The summed E-state index contributed by atoms with van der Waals surface area (Å²) in [5.74, 6) is 1.66. The summed E-state index contributed by atoms with van der Waals surface area (Å²) in [6.45, 7) is 9.00. The Kier molecular flexibility index (Phi) is 6.11. The largest absolute Gasteiger partial charge is 0.483 e. The second-order valence-corrected chi connectivity index (χ2v) is 10.2. The maximum absolute atomic E-state index is 12.6. The summed E-state index contributed by atoms with van der Waals surface area (Å²) in [4.78, 5) is 16.6. The van der Waals surface area contributed by atoms with E-state index in [0.717, 1.165) is 30.0 Å². The minimum absolute atomic E-state index is 0.00935. The van der Waals surface area contributed by atoms with E-state index in [1.165, 1.54) is 0 Å². The van der Waals surface area contributed by atoms with Crippen LogP contribution in [-0.4, -0.2) is 74.5 Å². The number of aryl methyl sites for hydroxylation is 1. The Bertz CT molecular complexity index is 783. The molecule has 6 nitrogen and oxygen atoms in total. The number of rotatable bonds is 5. The van der Waals surface area contributed by atoms with Crippen LogP contribution >= 0.6 is 0 Å². The first-order chi connectivity index (χ1) is 12.7. The highest BCUT2D eigenvalue weighted by atomic mass is 32.2. The molecule has 0 aromatic heterocycles. The van der Waals surface area contributed by atoms with Crippen LogP contribution in [0, 0.1) is 6.92 Å². The van der Waals surface area contributed by atoms with E-state index in [0.29, 0.717) is 31.2 Å². The molecule has 0 spiro atoms. The van der Waals surface area contributed by atoms with Gasteiger partial charge >= 0.3 is 0 Å². The number of benzene rings is 1. The molecule has 2 aliphatic rings. The predicted molar refractivity (Wildman–Crippen MR) is 106 cm³/mol. The molecule has 0 saturated carbocycles. The highest BCUT2D eigenvalue weighted by molar-refractivity contribution is 7.91. The van der Waals surface area contributed by atoms with Crippen LogP contribution in [0.2, 0.25) is 0 Å². The molecular weight excluding hydrogens is 364 g/mol. The normalized spacial score (nSPS) is 23.0. The number of carbonyl (C=O) groups excluding carboxylic acids is 1. The van der Waals surface area contributed by atoms with E-state index in [4.69, 9.17) is 4.74 Å². The van der Waals surface area contributed by atoms with E-state index in [1.54, 1.807) is 0 Å². The zero-order valence-electron chi connectivity index (χ0n) is 16.5. The van der Waals surface area contributed by atoms with Gasteiger partial charge in [0.15, 0.2) is 16.4 Å². The monoisotopic (exact) mass is 394 g/mol. The van der Waals surface area contributed by atoms with Gasteiger partial charge in [-0.05, 0) is 36.5 Å². The summed E-state index contributed by atoms with van der Waals surface area (Å²) in [6.07, 6.45) is 0.713. The molecule has 0 radical (unpaired) electrons. The fourth-order valence-electron chi connectivity index (χ4n) is 3.87. The van der Waals surface area contributed by atoms with Crippen molar-refractivity contribution in [3.63, 3.8) is 0 Å². The first kappa shape index (κ1) is 20.1. The van der Waals surface area contributed by atoms with Crippen LogP contribution in [0.25, 0.3) is 0 Å². The molecule has 1 aromatic carbocycles. The maximum Gasteiger partial charge on any atom is 0.260 e. The average molecular weight is 395 g/mol. The third-order valence-corrected chi connectivity index (χ3v) is 7.28. The summed E-state index contributed by atoms with van der Waals surface area (Å²) >= 11 is 0. The summed E-state index contributed by atoms with van der Waals surface area (Å²) in [5.41, 5.74) is 2.22. The van der Waals surface area contributed by atoms with Gasteiger partial charge in [-0.3, -0.25) is 9.69 Å². The van der Waals surface area contributed by atoms with E-state index < -0.39 is 9.84 Å². The van der Waals surface area contributed by atoms with Crippen LogP contribution in [0.4, 0.5) is 0 Å². The lowest BCUT2D eigenvalue weighted by atomic mass is 10.0. The van der Waals surface area contributed by atoms with Crippen LogP contribution < -0.4 is 4.74 Å². The third kappa shape index (κ3) is 5.02. The van der Waals surface area contributed by atoms with E-state index in [9.17, 15) is 13.2 Å². The Labute approximate surface area is 162 Å². The van der Waals surface area contributed by atoms with Crippen molar-refractivity contribution in [1.82, 2.24) is 9.80 Å². The van der Waals surface area contributed by atoms with E-state index >= 15 is 0 Å². The van der Waals surface area contributed by atoms with Gasteiger partial charge in [-0.25, -0.2) is 8.42 Å². The molecule has 3 rings (SSSR count). The third-order valence-electron chi connectivity index (χ3n) is 5.53. The van der Waals surface area contributed by atoms with Gasteiger partial charge in [0, 0.05) is 32.2 Å². The fourth-order valence-corrected chi connectivity index (χ4v) is 5.64. The molecule has 27 heavy (non-hydrogen) atoms. The molecule has 2 fully saturated rings. The number of carbonyl (C=O) groups is 1. The van der Waals surface area contributed by atoms with Crippen molar-refractivity contribution in [2.45, 2.75) is 39.2 Å². The standard InChI is InChI=1S/C20H30N2O4S/c1-15(2)18-5-4-16(3)12-19(18)26-13-20(23)22-9-7-21(8-10-22)17-6-11-27(24,25)14-17/h4-5,12,15,17H,6-11,13-14H2,1-3H3/t17-/m1/s1. The molecule has 0 unspecified atom stereocenters. The molecule has 1 amide bonds. The molecular formula is C20H30N2O4S. The predicted octanol–water partition coefficient (Wildman–Crippen LogP) is 1.83. The molecule has 1 atom stereocenters. The number of hydrogen-bond donors (Lipinski definition) is 0. The van der Waals surface area contributed by atoms with Crippen molar-refractivity contribution in [3.05, 3.63) is 29.3 Å². The molecule has 0 aliphatic carbocycles. The Morgan fingerprint density at radius 2 is 1.93 bits per heavy atom. The fraction of sp³-hybridized carbons (Fsp3) is 0.650. The SMILES string of the molecule is Cc1ccc(C(C)C)c(OCC(=O)N2CCN([C@@H]3CCS(=O)(=O)C3)CC2)c1. The van der Waals surface area contributed by atoms with Gasteiger partial charge in [-0.2, -0.15) is 0 Å². The molecule has 2 saturated heterocycles. The Hall–Kier alpha value is -1.60. The van der Waals surface area contributed by atoms with Crippen molar-refractivity contribution >= 4 is 15.7 Å². The van der Waals surface area contributed by atoms with Crippen molar-refractivity contribution < 1.29 is 17.9 Å². The van der Waals surface area contributed by atoms with Gasteiger partial charge < -0.3 is 9.64 Å². The maximum atomic E-state index is 12.6. The van der Waals surface area contributed by atoms with Gasteiger partial charge in [0.25, 0.3) is 5.91 Å². The molecule has 150 valence electrons. The van der Waals surface area contributed by atoms with Crippen LogP contribution in [0.1, 0.15) is 37.3 Å². The van der Waals surface area contributed by atoms with E-state index in [-0.39, 0.29) is 24.3 Å². The summed E-state index contributed by atoms with van der Waals surface area (Å²) < 4.78 is 29.2. The van der Waals surface area contributed by atoms with Gasteiger partial charge in [0.2, 0.25) is 0 Å². The molecule has 0 N–H and O–H groups in total. The first-order valence-corrected chi connectivity index (χ1v) is 11.5. The topological polar surface area (TPSA) is 66.9 Å². The minimum Gasteiger partial charge on any atom is -0.483 e. The molecule has 2 heterocycles. The summed E-state index contributed by atoms with van der Waals surface area (Å²) in [5, 5.41) is 0. The number of amides is 1. The average Bonchev–Trinajstić information content (AvgIpc) is 2.99. The lowest BCUT2D eigenvalue weighted by Gasteiger charge is -2.37. The van der Waals surface area contributed by atoms with Crippen LogP contribution in [0.5, 0.6) is 5.75 Å². The van der Waals surface area contributed by atoms with E-state index in [1.807, 2.05) is 17.9 Å². The lowest BCUT2D eigenvalue weighted by molar-refractivity contribution is -0.135. The van der Waals surface area contributed by atoms with Gasteiger partial charge in [-0.15, -0.1) is 0 Å². The lowest BCUT2D eigenvalue weighted by Crippen LogP contribution is -2.53. The Morgan fingerprint density at radius 1 is 1.22 bits per heavy atom. The second kappa shape index (κ2) is 8.19. The number of nitrogens with zero attached hydrogens (tertiary/aromatic N) is 2. The van der Waals surface area contributed by atoms with Crippen molar-refractivity contribution in [2.75, 3.05) is 44.3 Å². The van der Waals surface area contributed by atoms with Crippen molar-refractivity contribution in [1.29, 1.82) is 0 Å². The first-order valence-electron chi connectivity index (χ1n) is 9.71. The second-order valence-electron chi connectivity index (χ2n) is 7.96. The minimum atomic E-state index is -2.87. The smallest absolute Gasteiger partial charge is 0.260 e. The van der Waals surface area contributed by atoms with Gasteiger partial charge in [0.05, 0.1) is 11.5 Å². The number of piperazine rings is 1. The molecule has 7 heteroatoms. The summed E-state index contributed by atoms with van der Waals surface area (Å²) in [7, 11) is -2.87. The van der Waals surface area contributed by atoms with Gasteiger partial charge in [-0.1, -0.05) is 26.0 Å². The molecule has 2 aliphatic heterocycles. The Morgan fingerprint density at radius 3 is 2.52 bits per heavy atom. The van der Waals surface area contributed by atoms with Crippen LogP contribution in [-0.2, 0) is 14.6 Å². The van der Waals surface area contributed by atoms with Gasteiger partial charge in [0.1, 0.15) is 5.75 Å².